The molecule has 2 aromatic heterocycles. The number of rotatable bonds is 6. The van der Waals surface area contributed by atoms with Gasteiger partial charge in [0.15, 0.2) is 0 Å². The fourth-order valence-electron chi connectivity index (χ4n) is 2.13. The van der Waals surface area contributed by atoms with Crippen LogP contribution < -0.4 is 15.2 Å². The van der Waals surface area contributed by atoms with Gasteiger partial charge in [-0.25, -0.2) is 19.9 Å². The first-order valence-corrected chi connectivity index (χ1v) is 7.92. The van der Waals surface area contributed by atoms with E-state index in [1.807, 2.05) is 31.2 Å². The molecule has 0 radical (unpaired) electrons. The number of hydrogen-bond acceptors (Lipinski definition) is 7. The minimum absolute atomic E-state index is 0.231. The van der Waals surface area contributed by atoms with Crippen LogP contribution in [-0.2, 0) is 0 Å². The summed E-state index contributed by atoms with van der Waals surface area (Å²) in [7, 11) is 0. The molecule has 1 aromatic carbocycles. The van der Waals surface area contributed by atoms with Gasteiger partial charge in [-0.15, -0.1) is 0 Å². The number of aromatic nitrogens is 4. The van der Waals surface area contributed by atoms with Crippen LogP contribution in [0.2, 0.25) is 5.02 Å². The Bertz CT molecular complexity index is 841. The molecule has 0 aliphatic heterocycles. The molecule has 0 amide bonds. The normalized spacial score (nSPS) is 10.5. The van der Waals surface area contributed by atoms with Crippen LogP contribution in [-0.4, -0.2) is 33.1 Å². The molecule has 0 spiro atoms. The fourth-order valence-corrected chi connectivity index (χ4v) is 2.23. The van der Waals surface area contributed by atoms with E-state index in [0.29, 0.717) is 22.3 Å². The van der Waals surface area contributed by atoms with Crippen LogP contribution in [0.25, 0.3) is 11.1 Å². The molecule has 2 heterocycles. The summed E-state index contributed by atoms with van der Waals surface area (Å²) >= 11 is 5.72. The number of hydrogen-bond donors (Lipinski definition) is 1. The minimum Gasteiger partial charge on any atom is -0.473 e. The van der Waals surface area contributed by atoms with E-state index in [1.165, 1.54) is 18.7 Å². The molecule has 2 N–H and O–H groups in total. The summed E-state index contributed by atoms with van der Waals surface area (Å²) in [5.74, 6) is 0.757. The fraction of sp³-hybridized carbons (Fsp3) is 0.176. The number of nitrogens with two attached hydrogens (primary N) is 1. The number of anilines is 1. The lowest BCUT2D eigenvalue weighted by Crippen LogP contribution is -2.12. The van der Waals surface area contributed by atoms with Gasteiger partial charge in [0.1, 0.15) is 25.4 Å². The van der Waals surface area contributed by atoms with Crippen LogP contribution in [0.3, 0.4) is 0 Å². The first-order chi connectivity index (χ1) is 12.1. The van der Waals surface area contributed by atoms with Crippen molar-refractivity contribution in [1.29, 1.82) is 0 Å². The van der Waals surface area contributed by atoms with Gasteiger partial charge in [-0.05, 0) is 12.5 Å². The maximum absolute atomic E-state index is 6.01. The van der Waals surface area contributed by atoms with Gasteiger partial charge >= 0.3 is 6.01 Å². The lowest BCUT2D eigenvalue weighted by Gasteiger charge is -2.12. The molecule has 3 aromatic rings. The maximum atomic E-state index is 6.01. The van der Waals surface area contributed by atoms with E-state index in [4.69, 9.17) is 26.8 Å². The molecular formula is C17H16ClN5O2. The van der Waals surface area contributed by atoms with Gasteiger partial charge in [0.05, 0.1) is 23.0 Å². The number of nitrogen functional groups attached to an aromatic ring is 1. The van der Waals surface area contributed by atoms with E-state index in [9.17, 15) is 0 Å². The third kappa shape index (κ3) is 4.33. The number of aryl methyl sites for hydroxylation is 1. The number of benzene rings is 1. The lowest BCUT2D eigenvalue weighted by molar-refractivity contribution is 0.202. The van der Waals surface area contributed by atoms with Crippen LogP contribution in [0, 0.1) is 6.92 Å². The second-order valence-electron chi connectivity index (χ2n) is 5.19. The summed E-state index contributed by atoms with van der Waals surface area (Å²) in [6.07, 6.45) is 4.29. The van der Waals surface area contributed by atoms with Crippen LogP contribution in [0.4, 0.5) is 5.82 Å². The molecule has 3 rings (SSSR count). The Kier molecular flexibility index (Phi) is 5.25. The van der Waals surface area contributed by atoms with Crippen LogP contribution in [0.1, 0.15) is 5.56 Å². The van der Waals surface area contributed by atoms with E-state index < -0.39 is 0 Å². The minimum atomic E-state index is 0.231. The van der Waals surface area contributed by atoms with Crippen molar-refractivity contribution in [3.63, 3.8) is 0 Å². The van der Waals surface area contributed by atoms with Crippen molar-refractivity contribution in [2.75, 3.05) is 18.9 Å². The molecule has 0 bridgehead atoms. The standard InChI is InChI=1S/C17H16ClN5O2/c1-11-2-4-12(5-3-11)14-15(19)22-10-23-16(14)24-6-7-25-17-20-8-13(18)9-21-17/h2-5,8-10H,6-7H2,1H3,(H2,19,22,23). The molecule has 7 nitrogen and oxygen atoms in total. The van der Waals surface area contributed by atoms with E-state index in [-0.39, 0.29) is 19.2 Å². The highest BCUT2D eigenvalue weighted by Gasteiger charge is 2.13. The molecule has 25 heavy (non-hydrogen) atoms. The first kappa shape index (κ1) is 16.9. The van der Waals surface area contributed by atoms with Crippen LogP contribution in [0.5, 0.6) is 11.9 Å². The Labute approximate surface area is 149 Å². The highest BCUT2D eigenvalue weighted by molar-refractivity contribution is 6.30. The smallest absolute Gasteiger partial charge is 0.316 e. The predicted molar refractivity (Wildman–Crippen MR) is 94.6 cm³/mol. The molecule has 0 saturated carbocycles. The molecule has 8 heteroatoms. The zero-order chi connectivity index (χ0) is 17.6. The molecule has 0 unspecified atom stereocenters. The third-order valence-corrected chi connectivity index (χ3v) is 3.53. The number of halogens is 1. The zero-order valence-corrected chi connectivity index (χ0v) is 14.3. The Hall–Kier alpha value is -2.93. The summed E-state index contributed by atoms with van der Waals surface area (Å²) in [6, 6.07) is 8.12. The van der Waals surface area contributed by atoms with Crippen molar-refractivity contribution in [3.8, 4) is 23.0 Å². The average Bonchev–Trinajstić information content (AvgIpc) is 2.61. The monoisotopic (exact) mass is 357 g/mol. The maximum Gasteiger partial charge on any atom is 0.316 e. The van der Waals surface area contributed by atoms with E-state index in [2.05, 4.69) is 19.9 Å². The number of ether oxygens (including phenoxy) is 2. The third-order valence-electron chi connectivity index (χ3n) is 3.33. The number of nitrogens with zero attached hydrogens (tertiary/aromatic N) is 4. The van der Waals surface area contributed by atoms with Crippen molar-refractivity contribution in [2.24, 2.45) is 0 Å². The largest absolute Gasteiger partial charge is 0.473 e. The Balaban J connectivity index is 1.67. The highest BCUT2D eigenvalue weighted by atomic mass is 35.5. The molecule has 0 atom stereocenters. The van der Waals surface area contributed by atoms with Gasteiger partial charge < -0.3 is 15.2 Å². The van der Waals surface area contributed by atoms with Crippen molar-refractivity contribution >= 4 is 17.4 Å². The Morgan fingerprint density at radius 2 is 1.64 bits per heavy atom. The molecular weight excluding hydrogens is 342 g/mol. The molecule has 0 fully saturated rings. The van der Waals surface area contributed by atoms with Gasteiger partial charge in [0.25, 0.3) is 0 Å². The summed E-state index contributed by atoms with van der Waals surface area (Å²) in [4.78, 5) is 16.1. The second-order valence-corrected chi connectivity index (χ2v) is 5.62. The molecule has 0 aliphatic rings. The summed E-state index contributed by atoms with van der Waals surface area (Å²) in [6.45, 7) is 2.52. The van der Waals surface area contributed by atoms with Gasteiger partial charge in [0.2, 0.25) is 5.88 Å². The first-order valence-electron chi connectivity index (χ1n) is 7.54. The molecule has 0 aliphatic carbocycles. The second kappa shape index (κ2) is 7.76. The summed E-state index contributed by atoms with van der Waals surface area (Å²) in [5, 5.41) is 0.447. The zero-order valence-electron chi connectivity index (χ0n) is 13.5. The van der Waals surface area contributed by atoms with Gasteiger partial charge in [-0.1, -0.05) is 41.4 Å². The van der Waals surface area contributed by atoms with Crippen molar-refractivity contribution < 1.29 is 9.47 Å². The van der Waals surface area contributed by atoms with Crippen LogP contribution in [0.15, 0.2) is 43.0 Å². The van der Waals surface area contributed by atoms with Crippen molar-refractivity contribution in [3.05, 3.63) is 53.6 Å². The quantitative estimate of drug-likeness (QED) is 0.677. The topological polar surface area (TPSA) is 96.0 Å². The van der Waals surface area contributed by atoms with Crippen molar-refractivity contribution in [2.45, 2.75) is 6.92 Å². The van der Waals surface area contributed by atoms with Gasteiger partial charge in [-0.3, -0.25) is 0 Å². The van der Waals surface area contributed by atoms with E-state index >= 15 is 0 Å². The summed E-state index contributed by atoms with van der Waals surface area (Å²) < 4.78 is 11.1. The lowest BCUT2D eigenvalue weighted by atomic mass is 10.1. The Morgan fingerprint density at radius 3 is 2.36 bits per heavy atom. The SMILES string of the molecule is Cc1ccc(-c2c(N)ncnc2OCCOc2ncc(Cl)cn2)cc1. The highest BCUT2D eigenvalue weighted by Crippen LogP contribution is 2.32. The van der Waals surface area contributed by atoms with Crippen LogP contribution >= 0.6 is 11.6 Å². The average molecular weight is 358 g/mol. The predicted octanol–water partition coefficient (Wildman–Crippen LogP) is 2.94. The summed E-state index contributed by atoms with van der Waals surface area (Å²) in [5.41, 5.74) is 8.70. The molecule has 128 valence electrons. The molecule has 0 saturated heterocycles. The van der Waals surface area contributed by atoms with Gasteiger partial charge in [-0.2, -0.15) is 0 Å². The van der Waals surface area contributed by atoms with Gasteiger partial charge in [0, 0.05) is 0 Å². The van der Waals surface area contributed by atoms with E-state index in [0.717, 1.165) is 11.1 Å². The van der Waals surface area contributed by atoms with Crippen molar-refractivity contribution in [1.82, 2.24) is 19.9 Å². The van der Waals surface area contributed by atoms with E-state index in [1.54, 1.807) is 0 Å². The Morgan fingerprint density at radius 1 is 0.960 bits per heavy atom.